The minimum Gasteiger partial charge on any atom is -0.468 e. The molecule has 1 aromatic rings. The molecule has 0 aromatic heterocycles. The lowest BCUT2D eigenvalue weighted by molar-refractivity contribution is -0.148. The zero-order valence-electron chi connectivity index (χ0n) is 12.1. The summed E-state index contributed by atoms with van der Waals surface area (Å²) in [6.45, 7) is 2.52. The first-order valence-corrected chi connectivity index (χ1v) is 7.93. The molecular formula is C15H19F2NO2S. The highest BCUT2D eigenvalue weighted by Crippen LogP contribution is 2.43. The van der Waals surface area contributed by atoms with Gasteiger partial charge >= 0.3 is 5.97 Å². The molecule has 1 unspecified atom stereocenters. The first kappa shape index (κ1) is 16.2. The molecule has 0 bridgehead atoms. The Labute approximate surface area is 127 Å². The van der Waals surface area contributed by atoms with Gasteiger partial charge in [-0.15, -0.1) is 11.8 Å². The number of methoxy groups -OCH3 is 1. The van der Waals surface area contributed by atoms with Crippen LogP contribution in [0, 0.1) is 17.6 Å². The van der Waals surface area contributed by atoms with Gasteiger partial charge in [0.1, 0.15) is 17.2 Å². The number of esters is 1. The summed E-state index contributed by atoms with van der Waals surface area (Å²) in [5, 5.41) is 3.20. The van der Waals surface area contributed by atoms with E-state index in [-0.39, 0.29) is 16.8 Å². The highest BCUT2D eigenvalue weighted by atomic mass is 32.2. The van der Waals surface area contributed by atoms with E-state index in [0.717, 1.165) is 42.8 Å². The number of carbonyl (C=O) groups excluding carboxylic acids is 1. The maximum atomic E-state index is 13.7. The van der Waals surface area contributed by atoms with Crippen LogP contribution in [0.15, 0.2) is 23.1 Å². The summed E-state index contributed by atoms with van der Waals surface area (Å²) in [4.78, 5) is 12.4. The number of rotatable bonds is 7. The molecule has 1 aliphatic carbocycles. The highest BCUT2D eigenvalue weighted by Gasteiger charge is 2.51. The van der Waals surface area contributed by atoms with E-state index in [1.54, 1.807) is 0 Å². The van der Waals surface area contributed by atoms with Gasteiger partial charge in [-0.3, -0.25) is 4.79 Å². The van der Waals surface area contributed by atoms with Crippen LogP contribution in [-0.2, 0) is 9.53 Å². The summed E-state index contributed by atoms with van der Waals surface area (Å²) >= 11 is 1.14. The average Bonchev–Trinajstić information content (AvgIpc) is 3.31. The van der Waals surface area contributed by atoms with Crippen LogP contribution in [0.4, 0.5) is 8.78 Å². The maximum absolute atomic E-state index is 13.7. The van der Waals surface area contributed by atoms with E-state index in [1.165, 1.54) is 7.11 Å². The van der Waals surface area contributed by atoms with Crippen molar-refractivity contribution in [3.63, 3.8) is 0 Å². The molecule has 2 rings (SSSR count). The van der Waals surface area contributed by atoms with Crippen LogP contribution in [0.5, 0.6) is 0 Å². The van der Waals surface area contributed by atoms with Crippen LogP contribution in [0.3, 0.4) is 0 Å². The van der Waals surface area contributed by atoms with Gasteiger partial charge in [0.2, 0.25) is 0 Å². The van der Waals surface area contributed by atoms with Gasteiger partial charge in [-0.1, -0.05) is 6.92 Å². The summed E-state index contributed by atoms with van der Waals surface area (Å²) in [5.74, 6) is -0.798. The van der Waals surface area contributed by atoms with Gasteiger partial charge in [0.05, 0.1) is 7.11 Å². The fourth-order valence-electron chi connectivity index (χ4n) is 2.46. The molecule has 1 aliphatic rings. The van der Waals surface area contributed by atoms with Gasteiger partial charge in [-0.05, 0) is 43.5 Å². The Kier molecular flexibility index (Phi) is 5.22. The van der Waals surface area contributed by atoms with Crippen molar-refractivity contribution >= 4 is 17.7 Å². The summed E-state index contributed by atoms with van der Waals surface area (Å²) in [7, 11) is 1.35. The van der Waals surface area contributed by atoms with Gasteiger partial charge in [0.15, 0.2) is 0 Å². The Balaban J connectivity index is 2.18. The lowest BCUT2D eigenvalue weighted by Gasteiger charge is -2.31. The van der Waals surface area contributed by atoms with E-state index >= 15 is 0 Å². The number of benzene rings is 1. The van der Waals surface area contributed by atoms with E-state index in [4.69, 9.17) is 4.74 Å². The molecule has 0 saturated heterocycles. The third kappa shape index (κ3) is 3.55. The van der Waals surface area contributed by atoms with Crippen LogP contribution in [0.2, 0.25) is 0 Å². The molecule has 0 heterocycles. The van der Waals surface area contributed by atoms with Crippen LogP contribution in [0.25, 0.3) is 0 Å². The van der Waals surface area contributed by atoms with E-state index in [2.05, 4.69) is 5.32 Å². The highest BCUT2D eigenvalue weighted by molar-refractivity contribution is 7.99. The third-order valence-electron chi connectivity index (χ3n) is 3.66. The van der Waals surface area contributed by atoms with E-state index < -0.39 is 17.2 Å². The molecule has 1 N–H and O–H groups in total. The largest absolute Gasteiger partial charge is 0.468 e. The Hall–Kier alpha value is -1.14. The zero-order valence-corrected chi connectivity index (χ0v) is 12.9. The van der Waals surface area contributed by atoms with Crippen LogP contribution in [0.1, 0.15) is 19.8 Å². The van der Waals surface area contributed by atoms with Gasteiger partial charge < -0.3 is 10.1 Å². The van der Waals surface area contributed by atoms with Crippen molar-refractivity contribution in [2.24, 2.45) is 5.92 Å². The van der Waals surface area contributed by atoms with Crippen molar-refractivity contribution < 1.29 is 18.3 Å². The average molecular weight is 315 g/mol. The molecule has 6 heteroatoms. The zero-order chi connectivity index (χ0) is 15.5. The van der Waals surface area contributed by atoms with Crippen molar-refractivity contribution in [2.45, 2.75) is 30.2 Å². The topological polar surface area (TPSA) is 38.3 Å². The number of carbonyl (C=O) groups is 1. The minimum absolute atomic E-state index is 0.189. The van der Waals surface area contributed by atoms with E-state index in [0.29, 0.717) is 12.3 Å². The quantitative estimate of drug-likeness (QED) is 0.620. The molecule has 1 aromatic carbocycles. The normalized spacial score (nSPS) is 17.3. The Bertz CT molecular complexity index is 522. The number of hydrogen-bond acceptors (Lipinski definition) is 4. The van der Waals surface area contributed by atoms with Gasteiger partial charge in [0, 0.05) is 10.6 Å². The molecular weight excluding hydrogens is 296 g/mol. The summed E-state index contributed by atoms with van der Waals surface area (Å²) in [5.41, 5.74) is -0.826. The molecule has 1 atom stereocenters. The van der Waals surface area contributed by atoms with Gasteiger partial charge in [0.25, 0.3) is 0 Å². The lowest BCUT2D eigenvalue weighted by Crippen LogP contribution is -2.56. The third-order valence-corrected chi connectivity index (χ3v) is 4.89. The molecule has 116 valence electrons. The van der Waals surface area contributed by atoms with Crippen molar-refractivity contribution in [3.8, 4) is 0 Å². The molecule has 0 amide bonds. The number of nitrogens with one attached hydrogen (secondary N) is 1. The van der Waals surface area contributed by atoms with Gasteiger partial charge in [-0.2, -0.15) is 0 Å². The molecule has 0 radical (unpaired) electrons. The smallest absolute Gasteiger partial charge is 0.327 e. The first-order chi connectivity index (χ1) is 10.0. The SMILES string of the molecule is CCNC(CSc1cc(F)ccc1F)(C(=O)OC)C1CC1. The van der Waals surface area contributed by atoms with Crippen LogP contribution < -0.4 is 5.32 Å². The predicted molar refractivity (Wildman–Crippen MR) is 78.2 cm³/mol. The molecule has 1 saturated carbocycles. The van der Waals surface area contributed by atoms with Crippen molar-refractivity contribution in [1.29, 1.82) is 0 Å². The van der Waals surface area contributed by atoms with Crippen LogP contribution >= 0.6 is 11.8 Å². The number of ether oxygens (including phenoxy) is 1. The standard InChI is InChI=1S/C15H19F2NO2S/c1-3-18-15(10-4-5-10,14(19)20-2)9-21-13-8-11(16)6-7-12(13)17/h6-8,10,18H,3-5,9H2,1-2H3. The maximum Gasteiger partial charge on any atom is 0.327 e. The second-order valence-electron chi connectivity index (χ2n) is 5.13. The number of likely N-dealkylation sites (N-methyl/N-ethyl adjacent to an activating group) is 1. The van der Waals surface area contributed by atoms with Crippen molar-refractivity contribution in [3.05, 3.63) is 29.8 Å². The predicted octanol–water partition coefficient (Wildman–Crippen LogP) is 2.99. The summed E-state index contributed by atoms with van der Waals surface area (Å²) < 4.78 is 31.9. The molecule has 3 nitrogen and oxygen atoms in total. The molecule has 0 aliphatic heterocycles. The fraction of sp³-hybridized carbons (Fsp3) is 0.533. The van der Waals surface area contributed by atoms with Crippen molar-refractivity contribution in [1.82, 2.24) is 5.32 Å². The molecule has 21 heavy (non-hydrogen) atoms. The molecule has 1 fully saturated rings. The van der Waals surface area contributed by atoms with Gasteiger partial charge in [-0.25, -0.2) is 8.78 Å². The number of thioether (sulfide) groups is 1. The molecule has 0 spiro atoms. The number of hydrogen-bond donors (Lipinski definition) is 1. The Morgan fingerprint density at radius 2 is 2.19 bits per heavy atom. The monoisotopic (exact) mass is 315 g/mol. The second kappa shape index (κ2) is 6.75. The van der Waals surface area contributed by atoms with Crippen LogP contribution in [-0.4, -0.2) is 30.9 Å². The number of halogens is 2. The minimum atomic E-state index is -0.826. The van der Waals surface area contributed by atoms with E-state index in [9.17, 15) is 13.6 Å². The lowest BCUT2D eigenvalue weighted by atomic mass is 9.95. The fourth-order valence-corrected chi connectivity index (χ4v) is 3.70. The second-order valence-corrected chi connectivity index (χ2v) is 6.15. The summed E-state index contributed by atoms with van der Waals surface area (Å²) in [6.07, 6.45) is 1.88. The summed E-state index contributed by atoms with van der Waals surface area (Å²) in [6, 6.07) is 3.33. The first-order valence-electron chi connectivity index (χ1n) is 6.94. The van der Waals surface area contributed by atoms with E-state index in [1.807, 2.05) is 6.92 Å². The van der Waals surface area contributed by atoms with Crippen molar-refractivity contribution in [2.75, 3.05) is 19.4 Å². The Morgan fingerprint density at radius 3 is 2.76 bits per heavy atom. The Morgan fingerprint density at radius 1 is 1.48 bits per heavy atom.